The van der Waals surface area contributed by atoms with Crippen LogP contribution in [0, 0.1) is 17.3 Å². The smallest absolute Gasteiger partial charge is 0.261 e. The van der Waals surface area contributed by atoms with Crippen LogP contribution in [0.25, 0.3) is 5.76 Å². The van der Waals surface area contributed by atoms with Crippen molar-refractivity contribution in [2.45, 2.75) is 51.8 Å². The first kappa shape index (κ1) is 36.0. The van der Waals surface area contributed by atoms with Crippen LogP contribution in [-0.2, 0) is 37.5 Å². The number of primary amides is 1. The second-order valence-electron chi connectivity index (χ2n) is 13.5. The molecular formula is C30H44N4O10S. The fourth-order valence-corrected chi connectivity index (χ4v) is 6.45. The lowest BCUT2D eigenvalue weighted by molar-refractivity contribution is -0.153. The van der Waals surface area contributed by atoms with Crippen LogP contribution in [0.5, 0.6) is 5.75 Å². The maximum atomic E-state index is 14.0. The average molecular weight is 653 g/mol. The van der Waals surface area contributed by atoms with Crippen molar-refractivity contribution in [3.05, 3.63) is 39.7 Å². The van der Waals surface area contributed by atoms with Gasteiger partial charge in [0.1, 0.15) is 22.8 Å². The number of anilines is 1. The van der Waals surface area contributed by atoms with Crippen LogP contribution in [0.3, 0.4) is 0 Å². The van der Waals surface area contributed by atoms with Gasteiger partial charge in [-0.1, -0.05) is 20.8 Å². The minimum absolute atomic E-state index is 0.00285. The van der Waals surface area contributed by atoms with Crippen LogP contribution in [0.1, 0.15) is 43.9 Å². The van der Waals surface area contributed by atoms with E-state index in [0.29, 0.717) is 30.5 Å². The summed E-state index contributed by atoms with van der Waals surface area (Å²) in [6.45, 7) is 7.21. The maximum absolute atomic E-state index is 14.0. The second-order valence-corrected chi connectivity index (χ2v) is 15.0. The average Bonchev–Trinajstić information content (AvgIpc) is 2.85. The summed E-state index contributed by atoms with van der Waals surface area (Å²) in [6, 6.07) is 0.735. The molecule has 3 aliphatic carbocycles. The number of fused-ring (bicyclic) bond motifs is 3. The van der Waals surface area contributed by atoms with E-state index in [-0.39, 0.29) is 35.1 Å². The highest BCUT2D eigenvalue weighted by atomic mass is 32.2. The number of likely N-dealkylation sites (N-methyl/N-ethyl adjacent to an activating group) is 1. The third kappa shape index (κ3) is 6.87. The summed E-state index contributed by atoms with van der Waals surface area (Å²) in [5.41, 5.74) is 3.73. The number of amides is 1. The number of nitrogens with one attached hydrogen (secondary N) is 1. The Balaban J connectivity index is 0.00000102. The Kier molecular flexibility index (Phi) is 9.88. The Morgan fingerprint density at radius 1 is 1.13 bits per heavy atom. The van der Waals surface area contributed by atoms with Crippen LogP contribution >= 0.6 is 0 Å². The lowest BCUT2D eigenvalue weighted by atomic mass is 9.57. The number of phenols is 1. The zero-order valence-electron chi connectivity index (χ0n) is 26.8. The van der Waals surface area contributed by atoms with Crippen molar-refractivity contribution in [3.8, 4) is 5.75 Å². The van der Waals surface area contributed by atoms with Gasteiger partial charge < -0.3 is 36.4 Å². The molecule has 4 rings (SSSR count). The topological polar surface area (TPSA) is 231 Å². The summed E-state index contributed by atoms with van der Waals surface area (Å²) >= 11 is 0. The zero-order valence-corrected chi connectivity index (χ0v) is 27.6. The zero-order chi connectivity index (χ0) is 34.6. The number of rotatable bonds is 6. The van der Waals surface area contributed by atoms with Crippen LogP contribution in [-0.4, -0.2) is 108 Å². The van der Waals surface area contributed by atoms with Crippen molar-refractivity contribution in [3.63, 3.8) is 0 Å². The molecule has 4 atom stereocenters. The minimum atomic E-state index is -3.67. The van der Waals surface area contributed by atoms with Crippen LogP contribution in [0.15, 0.2) is 23.0 Å². The molecule has 4 unspecified atom stereocenters. The Morgan fingerprint density at radius 3 is 2.16 bits per heavy atom. The van der Waals surface area contributed by atoms with Crippen molar-refractivity contribution in [2.75, 3.05) is 45.9 Å². The number of nitrogens with two attached hydrogens (primary N) is 1. The summed E-state index contributed by atoms with van der Waals surface area (Å²) in [7, 11) is 3.17. The van der Waals surface area contributed by atoms with Crippen molar-refractivity contribution < 1.29 is 47.8 Å². The molecule has 3 aliphatic rings. The Bertz CT molecular complexity index is 1580. The maximum Gasteiger partial charge on any atom is 0.261 e. The van der Waals surface area contributed by atoms with Crippen LogP contribution < -0.4 is 16.0 Å². The van der Waals surface area contributed by atoms with Gasteiger partial charge in [-0.3, -0.25) is 23.8 Å². The van der Waals surface area contributed by atoms with Gasteiger partial charge in [0.05, 0.1) is 17.9 Å². The van der Waals surface area contributed by atoms with E-state index in [4.69, 9.17) is 10.3 Å². The van der Waals surface area contributed by atoms with E-state index in [1.54, 1.807) is 14.1 Å². The van der Waals surface area contributed by atoms with Crippen LogP contribution in [0.4, 0.5) is 5.69 Å². The van der Waals surface area contributed by atoms with Gasteiger partial charge >= 0.3 is 0 Å². The second kappa shape index (κ2) is 12.4. The molecule has 250 valence electrons. The fourth-order valence-electron chi connectivity index (χ4n) is 6.45. The van der Waals surface area contributed by atoms with Gasteiger partial charge in [-0.25, -0.2) is 0 Å². The molecule has 14 nitrogen and oxygen atoms in total. The van der Waals surface area contributed by atoms with E-state index in [1.807, 2.05) is 25.1 Å². The SMILES string of the molecule is CN(C)c1cc(CNCC(C)(C)C)c(O)c2c1CC1CC3C(N(C)C)C(=O)C(C(N)=O)=C(O)C3(O)C(=O)C1=C2O.CS(=O)(=O)O. The number of aromatic hydroxyl groups is 1. The lowest BCUT2D eigenvalue weighted by Crippen LogP contribution is -2.65. The first-order valence-electron chi connectivity index (χ1n) is 14.3. The molecule has 1 aromatic carbocycles. The number of ketones is 2. The molecule has 1 amide bonds. The highest BCUT2D eigenvalue weighted by molar-refractivity contribution is 7.85. The molecule has 1 aromatic rings. The van der Waals surface area contributed by atoms with Gasteiger partial charge in [-0.05, 0) is 49.9 Å². The van der Waals surface area contributed by atoms with Crippen molar-refractivity contribution in [2.24, 2.45) is 23.0 Å². The number of carbonyl (C=O) groups is 3. The summed E-state index contributed by atoms with van der Waals surface area (Å²) in [6.07, 6.45) is 1.01. The van der Waals surface area contributed by atoms with Gasteiger partial charge in [0.25, 0.3) is 16.0 Å². The first-order valence-corrected chi connectivity index (χ1v) is 16.1. The molecule has 8 N–H and O–H groups in total. The van der Waals surface area contributed by atoms with Crippen LogP contribution in [0.2, 0.25) is 0 Å². The largest absolute Gasteiger partial charge is 0.508 e. The molecular weight excluding hydrogens is 608 g/mol. The monoisotopic (exact) mass is 652 g/mol. The van der Waals surface area contributed by atoms with E-state index in [0.717, 1.165) is 5.69 Å². The van der Waals surface area contributed by atoms with Gasteiger partial charge in [0, 0.05) is 49.9 Å². The predicted octanol–water partition coefficient (Wildman–Crippen LogP) is 0.670. The van der Waals surface area contributed by atoms with Crippen molar-refractivity contribution >= 4 is 39.0 Å². The van der Waals surface area contributed by atoms with Gasteiger partial charge in [-0.2, -0.15) is 8.42 Å². The lowest BCUT2D eigenvalue weighted by Gasteiger charge is -2.50. The van der Waals surface area contributed by atoms with E-state index < -0.39 is 68.2 Å². The molecule has 0 saturated heterocycles. The number of hydrogen-bond donors (Lipinski definition) is 7. The Labute approximate surface area is 262 Å². The van der Waals surface area contributed by atoms with Crippen molar-refractivity contribution in [1.82, 2.24) is 10.2 Å². The fraction of sp³-hybridized carbons (Fsp3) is 0.567. The minimum Gasteiger partial charge on any atom is -0.508 e. The molecule has 45 heavy (non-hydrogen) atoms. The molecule has 0 bridgehead atoms. The Morgan fingerprint density at radius 2 is 1.69 bits per heavy atom. The molecule has 0 radical (unpaired) electrons. The number of carbonyl (C=O) groups excluding carboxylic acids is 3. The number of aliphatic hydroxyl groups is 3. The molecule has 1 saturated carbocycles. The van der Waals surface area contributed by atoms with Gasteiger partial charge in [0.2, 0.25) is 5.78 Å². The molecule has 1 fully saturated rings. The van der Waals surface area contributed by atoms with Gasteiger partial charge in [0.15, 0.2) is 11.4 Å². The Hall–Kier alpha value is -3.50. The van der Waals surface area contributed by atoms with E-state index >= 15 is 0 Å². The van der Waals surface area contributed by atoms with E-state index in [9.17, 15) is 43.2 Å². The quantitative estimate of drug-likeness (QED) is 0.166. The third-order valence-electron chi connectivity index (χ3n) is 8.23. The normalized spacial score (nSPS) is 24.9. The first-order chi connectivity index (χ1) is 20.4. The number of hydrogen-bond acceptors (Lipinski definition) is 12. The predicted molar refractivity (Wildman–Crippen MR) is 167 cm³/mol. The molecule has 0 spiro atoms. The van der Waals surface area contributed by atoms with Crippen molar-refractivity contribution in [1.29, 1.82) is 0 Å². The number of phenolic OH excluding ortho intramolecular Hbond substituents is 1. The summed E-state index contributed by atoms with van der Waals surface area (Å²) in [5.74, 6) is -6.55. The molecule has 15 heteroatoms. The van der Waals surface area contributed by atoms with E-state index in [2.05, 4.69) is 26.1 Å². The third-order valence-corrected chi connectivity index (χ3v) is 8.23. The number of aliphatic hydroxyl groups excluding tert-OH is 2. The molecule has 0 heterocycles. The summed E-state index contributed by atoms with van der Waals surface area (Å²) in [5, 5.41) is 49.0. The standard InChI is InChI=1S/C29H40N4O7.CH4O3S/c1-28(2,3)12-31-11-14-10-17(32(4)5)15-8-13-9-16-21(33(6)7)24(36)20(27(30)39)26(38)29(16,40)25(37)18(13)23(35)19(15)22(14)34;1-5(2,3)4/h10,13,16,21,31,34-35,38,40H,8-9,11-12H2,1-7H3,(H2,30,39);1H3,(H,2,3,4). The number of benzene rings is 1. The molecule has 0 aliphatic heterocycles. The highest BCUT2D eigenvalue weighted by Gasteiger charge is 2.64. The van der Waals surface area contributed by atoms with E-state index in [1.165, 1.54) is 4.90 Å². The summed E-state index contributed by atoms with van der Waals surface area (Å²) < 4.78 is 25.9. The number of Topliss-reactive ketones (excluding diaryl/α,β-unsaturated/α-hetero) is 2. The molecule has 0 aromatic heterocycles. The highest BCUT2D eigenvalue weighted by Crippen LogP contribution is 2.54. The van der Waals surface area contributed by atoms with Gasteiger partial charge in [-0.15, -0.1) is 0 Å². The summed E-state index contributed by atoms with van der Waals surface area (Å²) in [4.78, 5) is 42.8. The number of nitrogens with zero attached hydrogens (tertiary/aromatic N) is 2.